The largest absolute Gasteiger partial charge is 0.491 e. The molecule has 0 fully saturated rings. The van der Waals surface area contributed by atoms with Gasteiger partial charge in [0.2, 0.25) is 5.91 Å². The lowest BCUT2D eigenvalue weighted by molar-refractivity contribution is -0.384. The number of anilines is 1. The molecule has 2 aromatic rings. The first-order valence-electron chi connectivity index (χ1n) is 12.4. The number of unbranched alkanes of at least 4 members (excludes halogenated alkanes) is 2. The Labute approximate surface area is 232 Å². The first-order chi connectivity index (χ1) is 19.4. The molecule has 1 heterocycles. The fourth-order valence-corrected chi connectivity index (χ4v) is 3.95. The van der Waals surface area contributed by atoms with Crippen LogP contribution in [0.1, 0.15) is 47.2 Å². The molecule has 2 amide bonds. The molecular formula is C27H25F3N4O7. The fourth-order valence-electron chi connectivity index (χ4n) is 3.95. The molecular weight excluding hydrogens is 549 g/mol. The van der Waals surface area contributed by atoms with Gasteiger partial charge in [0, 0.05) is 37.2 Å². The van der Waals surface area contributed by atoms with Crippen molar-refractivity contribution in [1.29, 1.82) is 0 Å². The zero-order chi connectivity index (χ0) is 30.2. The van der Waals surface area contributed by atoms with Gasteiger partial charge in [0.25, 0.3) is 11.6 Å². The second-order valence-electron chi connectivity index (χ2n) is 8.92. The van der Waals surface area contributed by atoms with Crippen LogP contribution in [-0.4, -0.2) is 59.4 Å². The van der Waals surface area contributed by atoms with E-state index in [9.17, 15) is 42.5 Å². The third kappa shape index (κ3) is 8.36. The molecule has 0 saturated carbocycles. The van der Waals surface area contributed by atoms with E-state index in [0.717, 1.165) is 12.8 Å². The number of carbonyl (C=O) groups excluding carboxylic acids is 4. The molecule has 0 bridgehead atoms. The first kappa shape index (κ1) is 30.8. The van der Waals surface area contributed by atoms with E-state index in [0.29, 0.717) is 34.7 Å². The Balaban J connectivity index is 1.91. The number of esters is 2. The molecule has 216 valence electrons. The summed E-state index contributed by atoms with van der Waals surface area (Å²) in [6.45, 7) is -0.534. The number of benzene rings is 2. The Morgan fingerprint density at radius 3 is 2.56 bits per heavy atom. The van der Waals surface area contributed by atoms with Gasteiger partial charge in [0.15, 0.2) is 0 Å². The lowest BCUT2D eigenvalue weighted by atomic mass is 10.1. The molecule has 3 rings (SSSR count). The lowest BCUT2D eigenvalue weighted by Gasteiger charge is -2.23. The topological polar surface area (TPSA) is 153 Å². The lowest BCUT2D eigenvalue weighted by Crippen LogP contribution is -2.41. The quantitative estimate of drug-likeness (QED) is 0.0905. The van der Waals surface area contributed by atoms with Crippen LogP contribution in [0, 0.1) is 22.0 Å². The van der Waals surface area contributed by atoms with Crippen molar-refractivity contribution in [2.45, 2.75) is 38.4 Å². The molecule has 1 aliphatic rings. The molecule has 41 heavy (non-hydrogen) atoms. The summed E-state index contributed by atoms with van der Waals surface area (Å²) in [6.07, 6.45) is -4.13. The smallest absolute Gasteiger partial charge is 0.386 e. The predicted octanol–water partition coefficient (Wildman–Crippen LogP) is 3.09. The maximum atomic E-state index is 13.5. The number of rotatable bonds is 9. The molecule has 2 aromatic carbocycles. The van der Waals surface area contributed by atoms with E-state index in [1.807, 2.05) is 0 Å². The predicted molar refractivity (Wildman–Crippen MR) is 138 cm³/mol. The molecule has 0 atom stereocenters. The second-order valence-corrected chi connectivity index (χ2v) is 8.92. The minimum atomic E-state index is -5.39. The third-order valence-electron chi connectivity index (χ3n) is 5.90. The average molecular weight is 575 g/mol. The number of halogens is 3. The van der Waals surface area contributed by atoms with Gasteiger partial charge >= 0.3 is 18.1 Å². The van der Waals surface area contributed by atoms with E-state index in [-0.39, 0.29) is 17.8 Å². The monoisotopic (exact) mass is 574 g/mol. The van der Waals surface area contributed by atoms with E-state index in [2.05, 4.69) is 16.6 Å². The minimum Gasteiger partial charge on any atom is -0.386 e. The number of alkyl halides is 3. The van der Waals surface area contributed by atoms with E-state index >= 15 is 0 Å². The number of hydrogen-bond acceptors (Lipinski definition) is 9. The van der Waals surface area contributed by atoms with Gasteiger partial charge in [0.05, 0.1) is 29.1 Å². The summed E-state index contributed by atoms with van der Waals surface area (Å²) in [7, 11) is 0. The van der Waals surface area contributed by atoms with E-state index in [4.69, 9.17) is 5.73 Å². The number of imide groups is 1. The van der Waals surface area contributed by atoms with Crippen LogP contribution in [0.15, 0.2) is 42.5 Å². The summed E-state index contributed by atoms with van der Waals surface area (Å²) in [5.74, 6) is -0.000972. The van der Waals surface area contributed by atoms with Crippen molar-refractivity contribution in [3.8, 4) is 11.8 Å². The standard InChI is InChI=1S/C27H25F3N4O7/c28-27(29,30)26(38)41-24(36)11-13-33-23(35)17-32(16-19-7-5-8-20(14-19)34(39)40)22-10-9-18(15-21(22)25(33)37)6-3-1-2-4-12-31/h5,7-10,14-15H,1-2,4,11-13,16-17,31H2. The number of nitrogens with two attached hydrogens (primary N) is 1. The van der Waals surface area contributed by atoms with Crippen LogP contribution in [-0.2, 0) is 25.7 Å². The number of non-ortho nitro benzene ring substituents is 1. The van der Waals surface area contributed by atoms with Crippen molar-refractivity contribution in [2.24, 2.45) is 5.73 Å². The number of nitrogens with zero attached hydrogens (tertiary/aromatic N) is 3. The molecule has 11 nitrogen and oxygen atoms in total. The van der Waals surface area contributed by atoms with Gasteiger partial charge in [-0.1, -0.05) is 24.0 Å². The highest BCUT2D eigenvalue weighted by molar-refractivity contribution is 6.11. The van der Waals surface area contributed by atoms with Gasteiger partial charge in [-0.15, -0.1) is 0 Å². The van der Waals surface area contributed by atoms with E-state index in [1.165, 1.54) is 29.2 Å². The third-order valence-corrected chi connectivity index (χ3v) is 5.90. The molecule has 0 aliphatic carbocycles. The SMILES string of the molecule is NCCCCC#Cc1ccc2c(c1)C(=O)N(CCC(=O)OC(=O)C(F)(F)F)C(=O)CN2Cc1cccc([N+](=O)[O-])c1. The summed E-state index contributed by atoms with van der Waals surface area (Å²) >= 11 is 0. The zero-order valence-electron chi connectivity index (χ0n) is 21.6. The van der Waals surface area contributed by atoms with Crippen molar-refractivity contribution in [2.75, 3.05) is 24.5 Å². The molecule has 14 heteroatoms. The first-order valence-corrected chi connectivity index (χ1v) is 12.4. The Kier molecular flexibility index (Phi) is 10.2. The average Bonchev–Trinajstić information content (AvgIpc) is 3.00. The molecule has 0 unspecified atom stereocenters. The molecule has 1 aliphatic heterocycles. The number of nitro benzene ring substituents is 1. The Hall–Kier alpha value is -4.77. The van der Waals surface area contributed by atoms with Gasteiger partial charge < -0.3 is 15.4 Å². The van der Waals surface area contributed by atoms with Crippen molar-refractivity contribution in [3.05, 3.63) is 69.3 Å². The maximum Gasteiger partial charge on any atom is 0.491 e. The second kappa shape index (κ2) is 13.5. The molecule has 0 saturated heterocycles. The minimum absolute atomic E-state index is 0.00617. The molecule has 0 spiro atoms. The van der Waals surface area contributed by atoms with Crippen molar-refractivity contribution < 1.29 is 42.0 Å². The van der Waals surface area contributed by atoms with Crippen LogP contribution < -0.4 is 10.6 Å². The highest BCUT2D eigenvalue weighted by Gasteiger charge is 2.42. The Morgan fingerprint density at radius 1 is 1.12 bits per heavy atom. The fraction of sp³-hybridized carbons (Fsp3) is 0.333. The maximum absolute atomic E-state index is 13.5. The van der Waals surface area contributed by atoms with Gasteiger partial charge in [0.1, 0.15) is 0 Å². The molecule has 0 aromatic heterocycles. The highest BCUT2D eigenvalue weighted by atomic mass is 19.4. The Morgan fingerprint density at radius 2 is 1.88 bits per heavy atom. The summed E-state index contributed by atoms with van der Waals surface area (Å²) < 4.78 is 41.0. The number of ether oxygens (including phenoxy) is 1. The normalized spacial score (nSPS) is 13.2. The van der Waals surface area contributed by atoms with E-state index in [1.54, 1.807) is 18.2 Å². The summed E-state index contributed by atoms with van der Waals surface area (Å²) in [4.78, 5) is 62.3. The van der Waals surface area contributed by atoms with Gasteiger partial charge in [-0.2, -0.15) is 13.2 Å². The number of hydrogen-bond donors (Lipinski definition) is 1. The number of nitro groups is 1. The van der Waals surface area contributed by atoms with Crippen molar-refractivity contribution >= 4 is 35.1 Å². The van der Waals surface area contributed by atoms with Crippen molar-refractivity contribution in [1.82, 2.24) is 4.90 Å². The number of fused-ring (bicyclic) bond motifs is 1. The van der Waals surface area contributed by atoms with Crippen LogP contribution in [0.3, 0.4) is 0 Å². The highest BCUT2D eigenvalue weighted by Crippen LogP contribution is 2.29. The van der Waals surface area contributed by atoms with Crippen LogP contribution >= 0.6 is 0 Å². The number of carbonyl (C=O) groups is 4. The van der Waals surface area contributed by atoms with E-state index < -0.39 is 54.4 Å². The molecule has 2 N–H and O–H groups in total. The zero-order valence-corrected chi connectivity index (χ0v) is 21.6. The summed E-state index contributed by atoms with van der Waals surface area (Å²) in [6, 6.07) is 10.4. The molecule has 0 radical (unpaired) electrons. The van der Waals surface area contributed by atoms with Crippen LogP contribution in [0.5, 0.6) is 0 Å². The van der Waals surface area contributed by atoms with Crippen molar-refractivity contribution in [3.63, 3.8) is 0 Å². The van der Waals surface area contributed by atoms with Gasteiger partial charge in [-0.25, -0.2) is 4.79 Å². The summed E-state index contributed by atoms with van der Waals surface area (Å²) in [5, 5.41) is 11.2. The number of amides is 2. The van der Waals surface area contributed by atoms with Crippen LogP contribution in [0.25, 0.3) is 0 Å². The van der Waals surface area contributed by atoms with Gasteiger partial charge in [-0.05, 0) is 43.1 Å². The summed E-state index contributed by atoms with van der Waals surface area (Å²) in [5.41, 5.74) is 6.55. The van der Waals surface area contributed by atoms with Gasteiger partial charge in [-0.3, -0.25) is 29.4 Å². The van der Waals surface area contributed by atoms with Crippen LogP contribution in [0.2, 0.25) is 0 Å². The van der Waals surface area contributed by atoms with Crippen LogP contribution in [0.4, 0.5) is 24.5 Å². The Bertz CT molecular complexity index is 1420.